The van der Waals surface area contributed by atoms with Crippen molar-refractivity contribution in [3.8, 4) is 11.5 Å². The van der Waals surface area contributed by atoms with E-state index >= 15 is 0 Å². The van der Waals surface area contributed by atoms with Crippen LogP contribution in [0, 0.1) is 0 Å². The van der Waals surface area contributed by atoms with Crippen LogP contribution in [-0.4, -0.2) is 59.8 Å². The van der Waals surface area contributed by atoms with Crippen molar-refractivity contribution in [3.63, 3.8) is 0 Å². The number of likely N-dealkylation sites (N-methyl/N-ethyl adjacent to an activating group) is 1. The number of rotatable bonds is 4. The summed E-state index contributed by atoms with van der Waals surface area (Å²) in [5.74, 6) is 2.50. The number of hydrogen-bond acceptors (Lipinski definition) is 7. The summed E-state index contributed by atoms with van der Waals surface area (Å²) in [5.41, 5.74) is 0.907. The Morgan fingerprint density at radius 3 is 2.69 bits per heavy atom. The fraction of sp³-hybridized carbons (Fsp3) is 0.500. The standard InChI is InChI=1S/C18H22N4O4/c1-21(2)16(13-3-4-14-15(9-13)25-11-24-14)18(23)22-7-5-12(6-8-22)17-19-10-26-20-17/h3-4,9-10,12,16H,5-8,11H2,1-2H3/t16-/m1/s1. The van der Waals surface area contributed by atoms with E-state index in [1.165, 1.54) is 6.39 Å². The molecule has 1 aromatic carbocycles. The lowest BCUT2D eigenvalue weighted by atomic mass is 9.95. The molecule has 0 N–H and O–H groups in total. The minimum Gasteiger partial charge on any atom is -0.454 e. The third kappa shape index (κ3) is 3.12. The van der Waals surface area contributed by atoms with E-state index in [9.17, 15) is 4.79 Å². The van der Waals surface area contributed by atoms with Crippen LogP contribution < -0.4 is 9.47 Å². The Hall–Kier alpha value is -2.61. The molecular weight excluding hydrogens is 336 g/mol. The molecule has 0 unspecified atom stereocenters. The van der Waals surface area contributed by atoms with E-state index in [0.717, 1.165) is 30.0 Å². The second-order valence-electron chi connectivity index (χ2n) is 6.87. The molecule has 1 amide bonds. The topological polar surface area (TPSA) is 80.9 Å². The number of hydrogen-bond donors (Lipinski definition) is 0. The van der Waals surface area contributed by atoms with E-state index in [0.29, 0.717) is 18.8 Å². The van der Waals surface area contributed by atoms with Crippen molar-refractivity contribution in [2.75, 3.05) is 34.0 Å². The number of carbonyl (C=O) groups excluding carboxylic acids is 1. The Morgan fingerprint density at radius 1 is 1.23 bits per heavy atom. The highest BCUT2D eigenvalue weighted by molar-refractivity contribution is 5.83. The highest BCUT2D eigenvalue weighted by Gasteiger charge is 2.32. The number of ether oxygens (including phenoxy) is 2. The maximum Gasteiger partial charge on any atom is 0.244 e. The van der Waals surface area contributed by atoms with E-state index in [2.05, 4.69) is 10.1 Å². The Balaban J connectivity index is 1.48. The molecule has 8 heteroatoms. The number of nitrogens with zero attached hydrogens (tertiary/aromatic N) is 4. The summed E-state index contributed by atoms with van der Waals surface area (Å²) in [6, 6.07) is 5.34. The number of piperidine rings is 1. The molecular formula is C18H22N4O4. The summed E-state index contributed by atoms with van der Waals surface area (Å²) >= 11 is 0. The van der Waals surface area contributed by atoms with E-state index in [4.69, 9.17) is 14.0 Å². The fourth-order valence-corrected chi connectivity index (χ4v) is 3.63. The first-order chi connectivity index (χ1) is 12.6. The SMILES string of the molecule is CN(C)[C@@H](C(=O)N1CCC(c2ncon2)CC1)c1ccc2c(c1)OCO2. The summed E-state index contributed by atoms with van der Waals surface area (Å²) in [6.45, 7) is 1.60. The van der Waals surface area contributed by atoms with Gasteiger partial charge in [-0.3, -0.25) is 9.69 Å². The summed E-state index contributed by atoms with van der Waals surface area (Å²) in [7, 11) is 3.83. The minimum absolute atomic E-state index is 0.0976. The maximum atomic E-state index is 13.2. The first kappa shape index (κ1) is 16.8. The van der Waals surface area contributed by atoms with Crippen molar-refractivity contribution >= 4 is 5.91 Å². The highest BCUT2D eigenvalue weighted by atomic mass is 16.7. The number of benzene rings is 1. The maximum absolute atomic E-state index is 13.2. The molecule has 0 radical (unpaired) electrons. The Bertz CT molecular complexity index is 770. The first-order valence-electron chi connectivity index (χ1n) is 8.74. The van der Waals surface area contributed by atoms with Crippen molar-refractivity contribution in [3.05, 3.63) is 36.0 Å². The van der Waals surface area contributed by atoms with Gasteiger partial charge >= 0.3 is 0 Å². The highest BCUT2D eigenvalue weighted by Crippen LogP contribution is 2.36. The van der Waals surface area contributed by atoms with Crippen LogP contribution in [0.15, 0.2) is 29.1 Å². The lowest BCUT2D eigenvalue weighted by Gasteiger charge is -2.35. The van der Waals surface area contributed by atoms with Gasteiger partial charge in [0.05, 0.1) is 0 Å². The minimum atomic E-state index is -0.355. The van der Waals surface area contributed by atoms with Gasteiger partial charge < -0.3 is 18.9 Å². The van der Waals surface area contributed by atoms with Crippen molar-refractivity contribution in [1.82, 2.24) is 19.9 Å². The Kier molecular flexibility index (Phi) is 4.50. The number of amides is 1. The zero-order chi connectivity index (χ0) is 18.1. The van der Waals surface area contributed by atoms with Crippen molar-refractivity contribution in [2.24, 2.45) is 0 Å². The van der Waals surface area contributed by atoms with E-state index in [-0.39, 0.29) is 24.7 Å². The molecule has 1 atom stereocenters. The summed E-state index contributed by atoms with van der Waals surface area (Å²) in [4.78, 5) is 21.2. The number of fused-ring (bicyclic) bond motifs is 1. The van der Waals surface area contributed by atoms with E-state index in [1.54, 1.807) is 0 Å². The second-order valence-corrected chi connectivity index (χ2v) is 6.87. The average molecular weight is 358 g/mol. The zero-order valence-corrected chi connectivity index (χ0v) is 14.9. The molecule has 2 aliphatic rings. The molecule has 1 aromatic heterocycles. The monoisotopic (exact) mass is 358 g/mol. The van der Waals surface area contributed by atoms with Gasteiger partial charge in [0.25, 0.3) is 0 Å². The molecule has 1 fully saturated rings. The fourth-order valence-electron chi connectivity index (χ4n) is 3.63. The molecule has 26 heavy (non-hydrogen) atoms. The van der Waals surface area contributed by atoms with Crippen LogP contribution in [0.5, 0.6) is 11.5 Å². The van der Waals surface area contributed by atoms with Gasteiger partial charge in [0.2, 0.25) is 19.1 Å². The van der Waals surface area contributed by atoms with E-state index in [1.807, 2.05) is 42.1 Å². The third-order valence-electron chi connectivity index (χ3n) is 5.01. The third-order valence-corrected chi connectivity index (χ3v) is 5.01. The van der Waals surface area contributed by atoms with Crippen LogP contribution >= 0.6 is 0 Å². The number of carbonyl (C=O) groups is 1. The van der Waals surface area contributed by atoms with Gasteiger partial charge in [-0.1, -0.05) is 11.2 Å². The smallest absolute Gasteiger partial charge is 0.244 e. The summed E-state index contributed by atoms with van der Waals surface area (Å²) in [6.07, 6.45) is 3.04. The van der Waals surface area contributed by atoms with Crippen LogP contribution in [0.1, 0.15) is 36.2 Å². The van der Waals surface area contributed by atoms with Crippen LogP contribution in [0.3, 0.4) is 0 Å². The number of likely N-dealkylation sites (tertiary alicyclic amines) is 1. The lowest BCUT2D eigenvalue weighted by molar-refractivity contribution is -0.137. The Labute approximate surface area is 151 Å². The van der Waals surface area contributed by atoms with Crippen LogP contribution in [0.2, 0.25) is 0 Å². The first-order valence-corrected chi connectivity index (χ1v) is 8.74. The predicted molar refractivity (Wildman–Crippen MR) is 91.8 cm³/mol. The summed E-state index contributed by atoms with van der Waals surface area (Å²) in [5, 5.41) is 3.93. The van der Waals surface area contributed by atoms with Gasteiger partial charge in [0.1, 0.15) is 6.04 Å². The molecule has 0 bridgehead atoms. The zero-order valence-electron chi connectivity index (χ0n) is 14.9. The number of aromatic nitrogens is 2. The molecule has 2 aromatic rings. The molecule has 1 saturated heterocycles. The van der Waals surface area contributed by atoms with Crippen LogP contribution in [0.4, 0.5) is 0 Å². The molecule has 8 nitrogen and oxygen atoms in total. The summed E-state index contributed by atoms with van der Waals surface area (Å²) < 4.78 is 15.7. The Morgan fingerprint density at radius 2 is 2.00 bits per heavy atom. The molecule has 0 spiro atoms. The molecule has 4 rings (SSSR count). The average Bonchev–Trinajstić information content (AvgIpc) is 3.33. The van der Waals surface area contributed by atoms with Gasteiger partial charge in [-0.05, 0) is 44.6 Å². The van der Waals surface area contributed by atoms with Gasteiger partial charge in [-0.25, -0.2) is 0 Å². The van der Waals surface area contributed by atoms with Crippen molar-refractivity contribution in [1.29, 1.82) is 0 Å². The molecule has 3 heterocycles. The van der Waals surface area contributed by atoms with Gasteiger partial charge in [-0.15, -0.1) is 0 Å². The lowest BCUT2D eigenvalue weighted by Crippen LogP contribution is -2.44. The van der Waals surface area contributed by atoms with Crippen LogP contribution in [0.25, 0.3) is 0 Å². The largest absolute Gasteiger partial charge is 0.454 e. The van der Waals surface area contributed by atoms with Gasteiger partial charge in [0.15, 0.2) is 17.3 Å². The van der Waals surface area contributed by atoms with Crippen molar-refractivity contribution < 1.29 is 18.8 Å². The second kappa shape index (κ2) is 6.95. The molecule has 0 aliphatic carbocycles. The predicted octanol–water partition coefficient (Wildman–Crippen LogP) is 1.81. The van der Waals surface area contributed by atoms with E-state index < -0.39 is 0 Å². The van der Waals surface area contributed by atoms with Gasteiger partial charge in [-0.2, -0.15) is 4.98 Å². The molecule has 0 saturated carbocycles. The normalized spacial score (nSPS) is 18.3. The molecule has 138 valence electrons. The van der Waals surface area contributed by atoms with Gasteiger partial charge in [0, 0.05) is 19.0 Å². The van der Waals surface area contributed by atoms with Crippen molar-refractivity contribution in [2.45, 2.75) is 24.8 Å². The van der Waals surface area contributed by atoms with Crippen LogP contribution in [-0.2, 0) is 4.79 Å². The quantitative estimate of drug-likeness (QED) is 0.824. The molecule has 2 aliphatic heterocycles.